The van der Waals surface area contributed by atoms with E-state index in [1.54, 1.807) is 0 Å². The molecule has 17 heavy (non-hydrogen) atoms. The van der Waals surface area contributed by atoms with E-state index in [0.717, 1.165) is 25.3 Å². The Hall–Kier alpha value is -2.05. The third-order valence-corrected chi connectivity index (χ3v) is 1.92. The largest absolute Gasteiger partial charge is 0.496 e. The second kappa shape index (κ2) is 4.86. The fraction of sp³-hybridized carbons (Fsp3) is 0.200. The fourth-order valence-corrected chi connectivity index (χ4v) is 1.20. The van der Waals surface area contributed by atoms with Crippen LogP contribution in [0.4, 0.5) is 13.2 Å². The Balaban J connectivity index is 3.18. The minimum Gasteiger partial charge on any atom is -0.496 e. The molecule has 0 amide bonds. The normalized spacial score (nSPS) is 11.8. The SMILES string of the molecule is COc1ccc(/C=C/[N+](=O)[O-])cc1C(F)(F)F. The second-order valence-corrected chi connectivity index (χ2v) is 3.06. The van der Waals surface area contributed by atoms with Gasteiger partial charge >= 0.3 is 6.18 Å². The van der Waals surface area contributed by atoms with Crippen molar-refractivity contribution in [1.82, 2.24) is 0 Å². The summed E-state index contributed by atoms with van der Waals surface area (Å²) >= 11 is 0. The molecule has 0 spiro atoms. The zero-order valence-corrected chi connectivity index (χ0v) is 8.69. The number of hydrogen-bond acceptors (Lipinski definition) is 3. The highest BCUT2D eigenvalue weighted by atomic mass is 19.4. The van der Waals surface area contributed by atoms with Gasteiger partial charge in [0.1, 0.15) is 5.75 Å². The number of halogens is 3. The molecule has 0 aromatic heterocycles. The minimum absolute atomic E-state index is 0.0785. The Labute approximate surface area is 94.5 Å². The van der Waals surface area contributed by atoms with Crippen LogP contribution in [0.1, 0.15) is 11.1 Å². The van der Waals surface area contributed by atoms with E-state index in [9.17, 15) is 23.3 Å². The van der Waals surface area contributed by atoms with Crippen LogP contribution in [-0.4, -0.2) is 12.0 Å². The van der Waals surface area contributed by atoms with Gasteiger partial charge in [-0.15, -0.1) is 0 Å². The van der Waals surface area contributed by atoms with Gasteiger partial charge in [0.15, 0.2) is 0 Å². The molecule has 0 atom stereocenters. The molecule has 0 unspecified atom stereocenters. The molecule has 0 radical (unpaired) electrons. The highest BCUT2D eigenvalue weighted by Crippen LogP contribution is 2.36. The Kier molecular flexibility index (Phi) is 3.72. The first-order valence-electron chi connectivity index (χ1n) is 4.41. The summed E-state index contributed by atoms with van der Waals surface area (Å²) in [6.07, 6.45) is -3.01. The number of rotatable bonds is 3. The quantitative estimate of drug-likeness (QED) is 0.609. The molecule has 1 rings (SSSR count). The van der Waals surface area contributed by atoms with Crippen molar-refractivity contribution >= 4 is 6.08 Å². The maximum absolute atomic E-state index is 12.6. The summed E-state index contributed by atoms with van der Waals surface area (Å²) < 4.78 is 42.3. The number of benzene rings is 1. The zero-order chi connectivity index (χ0) is 13.1. The van der Waals surface area contributed by atoms with Gasteiger partial charge in [-0.3, -0.25) is 10.1 Å². The van der Waals surface area contributed by atoms with Gasteiger partial charge in [-0.1, -0.05) is 6.07 Å². The van der Waals surface area contributed by atoms with Gasteiger partial charge in [0.25, 0.3) is 0 Å². The maximum atomic E-state index is 12.6. The topological polar surface area (TPSA) is 52.4 Å². The van der Waals surface area contributed by atoms with Gasteiger partial charge in [0.05, 0.1) is 17.6 Å². The maximum Gasteiger partial charge on any atom is 0.419 e. The molecule has 0 saturated heterocycles. The van der Waals surface area contributed by atoms with Crippen molar-refractivity contribution in [2.45, 2.75) is 6.18 Å². The predicted molar refractivity (Wildman–Crippen MR) is 54.0 cm³/mol. The first-order chi connectivity index (χ1) is 7.84. The highest BCUT2D eigenvalue weighted by molar-refractivity contribution is 5.53. The van der Waals surface area contributed by atoms with Gasteiger partial charge in [0.2, 0.25) is 6.20 Å². The van der Waals surface area contributed by atoms with E-state index >= 15 is 0 Å². The Bertz CT molecular complexity index is 455. The van der Waals surface area contributed by atoms with Crippen LogP contribution in [0.2, 0.25) is 0 Å². The molecule has 4 nitrogen and oxygen atoms in total. The average Bonchev–Trinajstić information content (AvgIpc) is 2.24. The number of alkyl halides is 3. The van der Waals surface area contributed by atoms with E-state index in [2.05, 4.69) is 4.74 Å². The average molecular weight is 247 g/mol. The number of hydrogen-bond donors (Lipinski definition) is 0. The third kappa shape index (κ3) is 3.47. The molecular weight excluding hydrogens is 239 g/mol. The Morgan fingerprint density at radius 1 is 1.41 bits per heavy atom. The van der Waals surface area contributed by atoms with Gasteiger partial charge in [-0.25, -0.2) is 0 Å². The van der Waals surface area contributed by atoms with Crippen LogP contribution in [0, 0.1) is 10.1 Å². The monoisotopic (exact) mass is 247 g/mol. The van der Waals surface area contributed by atoms with Crippen molar-refractivity contribution in [1.29, 1.82) is 0 Å². The van der Waals surface area contributed by atoms with Crippen molar-refractivity contribution in [3.63, 3.8) is 0 Å². The van der Waals surface area contributed by atoms with Crippen LogP contribution in [0.5, 0.6) is 5.75 Å². The lowest BCUT2D eigenvalue weighted by Gasteiger charge is -2.12. The summed E-state index contributed by atoms with van der Waals surface area (Å²) in [6, 6.07) is 3.20. The van der Waals surface area contributed by atoms with Gasteiger partial charge in [0, 0.05) is 6.08 Å². The van der Waals surface area contributed by atoms with Crippen LogP contribution >= 0.6 is 0 Å². The zero-order valence-electron chi connectivity index (χ0n) is 8.69. The Morgan fingerprint density at radius 3 is 2.53 bits per heavy atom. The van der Waals surface area contributed by atoms with Crippen molar-refractivity contribution < 1.29 is 22.8 Å². The van der Waals surface area contributed by atoms with Crippen molar-refractivity contribution in [3.8, 4) is 5.75 Å². The highest BCUT2D eigenvalue weighted by Gasteiger charge is 2.34. The molecule has 0 bridgehead atoms. The number of ether oxygens (including phenoxy) is 1. The minimum atomic E-state index is -4.57. The smallest absolute Gasteiger partial charge is 0.419 e. The van der Waals surface area contributed by atoms with Crippen LogP contribution in [0.25, 0.3) is 6.08 Å². The fourth-order valence-electron chi connectivity index (χ4n) is 1.20. The lowest BCUT2D eigenvalue weighted by molar-refractivity contribution is -0.400. The van der Waals surface area contributed by atoms with Crippen LogP contribution in [0.15, 0.2) is 24.4 Å². The van der Waals surface area contributed by atoms with E-state index in [4.69, 9.17) is 0 Å². The van der Waals surface area contributed by atoms with Crippen molar-refractivity contribution in [2.24, 2.45) is 0 Å². The number of nitrogens with zero attached hydrogens (tertiary/aromatic N) is 1. The van der Waals surface area contributed by atoms with E-state index in [-0.39, 0.29) is 11.3 Å². The third-order valence-electron chi connectivity index (χ3n) is 1.92. The molecule has 0 aliphatic carbocycles. The first-order valence-corrected chi connectivity index (χ1v) is 4.41. The molecule has 1 aromatic rings. The lowest BCUT2D eigenvalue weighted by atomic mass is 10.1. The molecular formula is C10H8F3NO3. The van der Waals surface area contributed by atoms with Gasteiger partial charge < -0.3 is 4.74 Å². The molecule has 1 aromatic carbocycles. The summed E-state index contributed by atoms with van der Waals surface area (Å²) in [6.45, 7) is 0. The molecule has 92 valence electrons. The molecule has 0 heterocycles. The second-order valence-electron chi connectivity index (χ2n) is 3.06. The van der Waals surface area contributed by atoms with E-state index in [1.165, 1.54) is 6.07 Å². The van der Waals surface area contributed by atoms with Gasteiger partial charge in [-0.05, 0) is 17.7 Å². The van der Waals surface area contributed by atoms with Crippen LogP contribution < -0.4 is 4.74 Å². The molecule has 0 fully saturated rings. The van der Waals surface area contributed by atoms with Crippen molar-refractivity contribution in [3.05, 3.63) is 45.6 Å². The van der Waals surface area contributed by atoms with Crippen LogP contribution in [0.3, 0.4) is 0 Å². The van der Waals surface area contributed by atoms with E-state index in [1.807, 2.05) is 0 Å². The molecule has 0 aliphatic heterocycles. The molecule has 7 heteroatoms. The standard InChI is InChI=1S/C10H8F3NO3/c1-17-9-3-2-7(4-5-14(15)16)6-8(9)10(11,12)13/h2-6H,1H3/b5-4+. The summed E-state index contributed by atoms with van der Waals surface area (Å²) in [5.74, 6) is -0.323. The predicted octanol–water partition coefficient (Wildman–Crippen LogP) is 2.96. The summed E-state index contributed by atoms with van der Waals surface area (Å²) in [4.78, 5) is 9.30. The summed E-state index contributed by atoms with van der Waals surface area (Å²) in [5, 5.41) is 10.0. The summed E-state index contributed by atoms with van der Waals surface area (Å²) in [7, 11) is 1.12. The van der Waals surface area contributed by atoms with Crippen molar-refractivity contribution in [2.75, 3.05) is 7.11 Å². The molecule has 0 aliphatic rings. The van der Waals surface area contributed by atoms with Gasteiger partial charge in [-0.2, -0.15) is 13.2 Å². The van der Waals surface area contributed by atoms with E-state index < -0.39 is 16.7 Å². The van der Waals surface area contributed by atoms with Crippen LogP contribution in [-0.2, 0) is 6.18 Å². The Morgan fingerprint density at radius 2 is 2.06 bits per heavy atom. The molecule has 0 N–H and O–H groups in total. The number of nitro groups is 1. The summed E-state index contributed by atoms with van der Waals surface area (Å²) in [5.41, 5.74) is -0.889. The lowest BCUT2D eigenvalue weighted by Crippen LogP contribution is -2.07. The van der Waals surface area contributed by atoms with E-state index in [0.29, 0.717) is 6.20 Å². The first kappa shape index (κ1) is 13.0. The molecule has 0 saturated carbocycles. The number of methoxy groups -OCH3 is 1.